The molecule has 0 amide bonds. The van der Waals surface area contributed by atoms with Crippen LogP contribution in [0.15, 0.2) is 27.6 Å². The predicted molar refractivity (Wildman–Crippen MR) is 78.8 cm³/mol. The molecule has 0 saturated heterocycles. The van der Waals surface area contributed by atoms with Gasteiger partial charge in [-0.3, -0.25) is 4.21 Å². The molecule has 0 fully saturated rings. The third kappa shape index (κ3) is 4.70. The van der Waals surface area contributed by atoms with Crippen LogP contribution in [0.5, 0.6) is 0 Å². The van der Waals surface area contributed by atoms with Gasteiger partial charge in [0, 0.05) is 21.7 Å². The minimum atomic E-state index is -2.98. The maximum absolute atomic E-state index is 12.0. The number of hydrogen-bond donors (Lipinski definition) is 1. The lowest BCUT2D eigenvalue weighted by Crippen LogP contribution is -2.11. The molecule has 1 aromatic carbocycles. The fourth-order valence-corrected chi connectivity index (χ4v) is 4.48. The van der Waals surface area contributed by atoms with Gasteiger partial charge in [0.1, 0.15) is 9.84 Å². The first kappa shape index (κ1) is 15.7. The molecule has 0 radical (unpaired) electrons. The molecule has 1 rings (SSSR count). The van der Waals surface area contributed by atoms with Crippen molar-refractivity contribution < 1.29 is 12.6 Å². The lowest BCUT2D eigenvalue weighted by atomic mass is 10.3. The van der Waals surface area contributed by atoms with E-state index in [1.54, 1.807) is 25.1 Å². The largest absolute Gasteiger partial charge is 0.399 e. The van der Waals surface area contributed by atoms with Crippen LogP contribution in [-0.4, -0.2) is 29.9 Å². The first-order valence-corrected chi connectivity index (χ1v) is 9.43. The highest BCUT2D eigenvalue weighted by Crippen LogP contribution is 2.23. The Hall–Kier alpha value is -0.400. The molecular weight excluding hydrogens is 338 g/mol. The number of halogens is 1. The van der Waals surface area contributed by atoms with E-state index in [1.165, 1.54) is 0 Å². The number of nitrogen functional groups attached to an aromatic ring is 1. The summed E-state index contributed by atoms with van der Waals surface area (Å²) in [5, 5.41) is 0. The zero-order valence-electron chi connectivity index (χ0n) is 10.1. The minimum Gasteiger partial charge on any atom is -0.399 e. The van der Waals surface area contributed by atoms with Crippen LogP contribution in [0.1, 0.15) is 13.3 Å². The summed E-state index contributed by atoms with van der Waals surface area (Å²) in [5.74, 6) is 0.550. The van der Waals surface area contributed by atoms with Gasteiger partial charge in [0.15, 0.2) is 0 Å². The van der Waals surface area contributed by atoms with Crippen LogP contribution >= 0.6 is 15.9 Å². The van der Waals surface area contributed by atoms with E-state index in [4.69, 9.17) is 5.73 Å². The standard InChI is InChI=1S/C11H16BrNO3S2/c1-2-18(15,16)7-3-6-17(14)11-5-4-9(13)8-10(11)12/h4-5,8H,2-3,6-7,13H2,1H3. The summed E-state index contributed by atoms with van der Waals surface area (Å²) in [6, 6.07) is 5.07. The lowest BCUT2D eigenvalue weighted by molar-refractivity contribution is 0.596. The third-order valence-electron chi connectivity index (χ3n) is 2.43. The lowest BCUT2D eigenvalue weighted by Gasteiger charge is -2.06. The van der Waals surface area contributed by atoms with Gasteiger partial charge in [0.2, 0.25) is 0 Å². The molecular formula is C11H16BrNO3S2. The van der Waals surface area contributed by atoms with Gasteiger partial charge in [-0.15, -0.1) is 0 Å². The van der Waals surface area contributed by atoms with Crippen LogP contribution in [0.25, 0.3) is 0 Å². The van der Waals surface area contributed by atoms with Crippen molar-refractivity contribution in [2.24, 2.45) is 0 Å². The molecule has 0 spiro atoms. The second-order valence-electron chi connectivity index (χ2n) is 3.83. The van der Waals surface area contributed by atoms with Gasteiger partial charge in [-0.1, -0.05) is 6.92 Å². The first-order chi connectivity index (χ1) is 8.35. The Morgan fingerprint density at radius 2 is 2.06 bits per heavy atom. The molecule has 18 heavy (non-hydrogen) atoms. The maximum Gasteiger partial charge on any atom is 0.150 e. The zero-order chi connectivity index (χ0) is 13.8. The summed E-state index contributed by atoms with van der Waals surface area (Å²) in [6.45, 7) is 1.61. The molecule has 1 atom stereocenters. The van der Waals surface area contributed by atoms with Gasteiger partial charge in [0.25, 0.3) is 0 Å². The van der Waals surface area contributed by atoms with Crippen molar-refractivity contribution in [3.63, 3.8) is 0 Å². The molecule has 0 heterocycles. The van der Waals surface area contributed by atoms with E-state index in [1.807, 2.05) is 0 Å². The molecule has 0 bridgehead atoms. The number of benzene rings is 1. The topological polar surface area (TPSA) is 77.2 Å². The van der Waals surface area contributed by atoms with Crippen LogP contribution in [0.3, 0.4) is 0 Å². The van der Waals surface area contributed by atoms with Crippen LogP contribution in [0.4, 0.5) is 5.69 Å². The highest BCUT2D eigenvalue weighted by Gasteiger charge is 2.11. The van der Waals surface area contributed by atoms with Crippen molar-refractivity contribution in [2.75, 3.05) is 23.0 Å². The van der Waals surface area contributed by atoms with Gasteiger partial charge in [-0.25, -0.2) is 8.42 Å². The summed E-state index contributed by atoms with van der Waals surface area (Å²) in [7, 11) is -4.19. The van der Waals surface area contributed by atoms with Gasteiger partial charge >= 0.3 is 0 Å². The molecule has 0 aliphatic carbocycles. The van der Waals surface area contributed by atoms with E-state index in [0.29, 0.717) is 27.2 Å². The van der Waals surface area contributed by atoms with Crippen LogP contribution in [0, 0.1) is 0 Å². The summed E-state index contributed by atoms with van der Waals surface area (Å²) in [6.07, 6.45) is 0.402. The molecule has 0 aromatic heterocycles. The van der Waals surface area contributed by atoms with Gasteiger partial charge in [0.05, 0.1) is 21.4 Å². The number of hydrogen-bond acceptors (Lipinski definition) is 4. The molecule has 1 aromatic rings. The molecule has 0 saturated carbocycles. The van der Waals surface area contributed by atoms with Crippen LogP contribution in [0.2, 0.25) is 0 Å². The Kier molecular flexibility index (Phi) is 5.81. The molecule has 2 N–H and O–H groups in total. The van der Waals surface area contributed by atoms with Crippen LogP contribution < -0.4 is 5.73 Å². The molecule has 7 heteroatoms. The van der Waals surface area contributed by atoms with E-state index in [-0.39, 0.29) is 11.5 Å². The summed E-state index contributed by atoms with van der Waals surface area (Å²) >= 11 is 3.30. The monoisotopic (exact) mass is 353 g/mol. The quantitative estimate of drug-likeness (QED) is 0.793. The Balaban J connectivity index is 2.61. The smallest absolute Gasteiger partial charge is 0.150 e. The van der Waals surface area contributed by atoms with E-state index in [9.17, 15) is 12.6 Å². The van der Waals surface area contributed by atoms with Crippen molar-refractivity contribution in [1.29, 1.82) is 0 Å². The molecule has 0 aliphatic rings. The second kappa shape index (κ2) is 6.68. The Labute approximate surface area is 118 Å². The van der Waals surface area contributed by atoms with E-state index >= 15 is 0 Å². The number of anilines is 1. The van der Waals surface area contributed by atoms with Crippen molar-refractivity contribution in [3.05, 3.63) is 22.7 Å². The fraction of sp³-hybridized carbons (Fsp3) is 0.455. The molecule has 4 nitrogen and oxygen atoms in total. The minimum absolute atomic E-state index is 0.0852. The van der Waals surface area contributed by atoms with Crippen molar-refractivity contribution in [3.8, 4) is 0 Å². The summed E-state index contributed by atoms with van der Waals surface area (Å²) in [5.41, 5.74) is 6.19. The zero-order valence-corrected chi connectivity index (χ0v) is 13.3. The predicted octanol–water partition coefficient (Wildman–Crippen LogP) is 1.96. The number of nitrogens with two attached hydrogens (primary N) is 1. The molecule has 1 unspecified atom stereocenters. The van der Waals surface area contributed by atoms with E-state index < -0.39 is 20.6 Å². The van der Waals surface area contributed by atoms with Crippen molar-refractivity contribution >= 4 is 42.3 Å². The number of rotatable bonds is 6. The average Bonchev–Trinajstić information content (AvgIpc) is 2.28. The molecule has 0 aliphatic heterocycles. The Bertz CT molecular complexity index is 543. The summed E-state index contributed by atoms with van der Waals surface area (Å²) < 4.78 is 35.3. The van der Waals surface area contributed by atoms with Crippen LogP contribution in [-0.2, 0) is 20.6 Å². The highest BCUT2D eigenvalue weighted by atomic mass is 79.9. The average molecular weight is 354 g/mol. The summed E-state index contributed by atoms with van der Waals surface area (Å²) in [4.78, 5) is 0.651. The second-order valence-corrected chi connectivity index (χ2v) is 8.70. The Morgan fingerprint density at radius 1 is 1.39 bits per heavy atom. The van der Waals surface area contributed by atoms with E-state index in [2.05, 4.69) is 15.9 Å². The van der Waals surface area contributed by atoms with Gasteiger partial charge in [-0.05, 0) is 40.5 Å². The van der Waals surface area contributed by atoms with Gasteiger partial charge in [-0.2, -0.15) is 0 Å². The van der Waals surface area contributed by atoms with E-state index in [0.717, 1.165) is 0 Å². The Morgan fingerprint density at radius 3 is 2.61 bits per heavy atom. The van der Waals surface area contributed by atoms with Gasteiger partial charge < -0.3 is 5.73 Å². The maximum atomic E-state index is 12.0. The normalized spacial score (nSPS) is 13.4. The fourth-order valence-electron chi connectivity index (χ4n) is 1.37. The third-order valence-corrected chi connectivity index (χ3v) is 6.64. The highest BCUT2D eigenvalue weighted by molar-refractivity contribution is 9.10. The SMILES string of the molecule is CCS(=O)(=O)CCCS(=O)c1ccc(N)cc1Br. The first-order valence-electron chi connectivity index (χ1n) is 5.49. The molecule has 102 valence electrons. The van der Waals surface area contributed by atoms with Crippen molar-refractivity contribution in [1.82, 2.24) is 0 Å². The number of sulfone groups is 1. The van der Waals surface area contributed by atoms with Crippen molar-refractivity contribution in [2.45, 2.75) is 18.2 Å².